The molecule has 1 unspecified atom stereocenters. The number of carbonyl (C=O) groups is 2. The number of hydrogen-bond acceptors (Lipinski definition) is 3. The fourth-order valence-corrected chi connectivity index (χ4v) is 4.79. The topological polar surface area (TPSA) is 66.6 Å². The predicted octanol–water partition coefficient (Wildman–Crippen LogP) is 2.00. The van der Waals surface area contributed by atoms with Crippen LogP contribution in [0.1, 0.15) is 58.8 Å². The van der Waals surface area contributed by atoms with E-state index in [0.29, 0.717) is 30.8 Å². The van der Waals surface area contributed by atoms with E-state index >= 15 is 0 Å². The van der Waals surface area contributed by atoms with Gasteiger partial charge < -0.3 is 15.5 Å². The molecule has 0 radical (unpaired) electrons. The maximum atomic E-state index is 12.6. The lowest BCUT2D eigenvalue weighted by molar-refractivity contribution is -0.152. The first-order valence-electron chi connectivity index (χ1n) is 9.85. The van der Waals surface area contributed by atoms with Gasteiger partial charge in [0, 0.05) is 31.7 Å². The molecule has 2 aliphatic heterocycles. The van der Waals surface area contributed by atoms with Gasteiger partial charge in [-0.05, 0) is 49.9 Å². The second-order valence-electron chi connectivity index (χ2n) is 8.18. The van der Waals surface area contributed by atoms with Gasteiger partial charge in [-0.25, -0.2) is 0 Å². The van der Waals surface area contributed by atoms with Crippen molar-refractivity contribution in [2.75, 3.05) is 26.2 Å². The quantitative estimate of drug-likeness (QED) is 0.799. The van der Waals surface area contributed by atoms with Crippen molar-refractivity contribution < 1.29 is 9.59 Å². The minimum Gasteiger partial charge on any atom is -0.334 e. The van der Waals surface area contributed by atoms with E-state index in [1.54, 1.807) is 9.80 Å². The number of carbonyl (C=O) groups excluding carboxylic acids is 2. The molecular weight excluding hydrogens is 302 g/mol. The molecule has 1 atom stereocenters. The first-order valence-corrected chi connectivity index (χ1v) is 9.85. The van der Waals surface area contributed by atoms with Crippen LogP contribution in [0.4, 0.5) is 0 Å². The summed E-state index contributed by atoms with van der Waals surface area (Å²) in [4.78, 5) is 28.7. The number of likely N-dealkylation sites (tertiary alicyclic amines) is 2. The zero-order chi connectivity index (χ0) is 17.3. The lowest BCUT2D eigenvalue weighted by Crippen LogP contribution is -2.49. The Morgan fingerprint density at radius 2 is 1.54 bits per heavy atom. The van der Waals surface area contributed by atoms with E-state index in [-0.39, 0.29) is 17.4 Å². The van der Waals surface area contributed by atoms with Crippen LogP contribution in [-0.4, -0.2) is 53.3 Å². The molecule has 1 saturated carbocycles. The Morgan fingerprint density at radius 1 is 1.00 bits per heavy atom. The van der Waals surface area contributed by atoms with Crippen molar-refractivity contribution in [3.8, 4) is 0 Å². The second kappa shape index (κ2) is 7.03. The van der Waals surface area contributed by atoms with E-state index in [2.05, 4.69) is 13.8 Å². The molecular formula is C19H33N3O2. The van der Waals surface area contributed by atoms with Gasteiger partial charge in [0.25, 0.3) is 0 Å². The van der Waals surface area contributed by atoms with Crippen molar-refractivity contribution in [2.45, 2.75) is 64.3 Å². The van der Waals surface area contributed by atoms with Gasteiger partial charge in [0.1, 0.15) is 0 Å². The maximum Gasteiger partial charge on any atom is 0.312 e. The molecule has 0 aromatic carbocycles. The van der Waals surface area contributed by atoms with Crippen LogP contribution in [0.2, 0.25) is 0 Å². The first kappa shape index (κ1) is 17.7. The highest BCUT2D eigenvalue weighted by molar-refractivity contribution is 6.35. The average molecular weight is 335 g/mol. The molecule has 2 amide bonds. The van der Waals surface area contributed by atoms with Gasteiger partial charge in [-0.15, -0.1) is 0 Å². The van der Waals surface area contributed by atoms with Crippen LogP contribution < -0.4 is 5.73 Å². The third-order valence-electron chi connectivity index (χ3n) is 6.83. The molecule has 2 heterocycles. The molecule has 3 fully saturated rings. The number of nitrogens with two attached hydrogens (primary N) is 1. The molecule has 136 valence electrons. The minimum absolute atomic E-state index is 0.0383. The average Bonchev–Trinajstić information content (AvgIpc) is 3.18. The number of rotatable bonds is 4. The molecule has 1 aliphatic carbocycles. The fourth-order valence-electron chi connectivity index (χ4n) is 4.79. The number of piperidine rings is 1. The first-order chi connectivity index (χ1) is 11.5. The number of nitrogens with zero attached hydrogens (tertiary/aromatic N) is 2. The monoisotopic (exact) mass is 335 g/mol. The van der Waals surface area contributed by atoms with Crippen LogP contribution >= 0.6 is 0 Å². The summed E-state index contributed by atoms with van der Waals surface area (Å²) in [6.45, 7) is 7.33. The molecule has 3 aliphatic rings. The summed E-state index contributed by atoms with van der Waals surface area (Å²) < 4.78 is 0. The van der Waals surface area contributed by atoms with E-state index in [1.807, 2.05) is 0 Å². The normalized spacial score (nSPS) is 26.9. The van der Waals surface area contributed by atoms with E-state index in [4.69, 9.17) is 5.73 Å². The van der Waals surface area contributed by atoms with Gasteiger partial charge in [-0.2, -0.15) is 0 Å². The van der Waals surface area contributed by atoms with Crippen LogP contribution in [-0.2, 0) is 9.59 Å². The lowest BCUT2D eigenvalue weighted by Gasteiger charge is -2.35. The van der Waals surface area contributed by atoms with Crippen LogP contribution in [0.25, 0.3) is 0 Å². The zero-order valence-electron chi connectivity index (χ0n) is 15.3. The van der Waals surface area contributed by atoms with Gasteiger partial charge in [-0.1, -0.05) is 26.7 Å². The Kier molecular flexibility index (Phi) is 5.19. The van der Waals surface area contributed by atoms with Crippen molar-refractivity contribution in [1.29, 1.82) is 0 Å². The molecule has 0 spiro atoms. The Bertz CT molecular complexity index is 477. The summed E-state index contributed by atoms with van der Waals surface area (Å²) in [5.41, 5.74) is 6.33. The standard InChI is InChI=1S/C19H33N3O2/c1-3-14(4-2)15-5-10-22(13-15)18(24)17(23)21-11-6-16(7-12-21)19(20)8-9-19/h14-16H,3-13,20H2,1-2H3. The van der Waals surface area contributed by atoms with Crippen LogP contribution in [0.3, 0.4) is 0 Å². The van der Waals surface area contributed by atoms with Gasteiger partial charge in [0.05, 0.1) is 0 Å². The van der Waals surface area contributed by atoms with Crippen molar-refractivity contribution in [2.24, 2.45) is 23.5 Å². The SMILES string of the molecule is CCC(CC)C1CCN(C(=O)C(=O)N2CCC(C3(N)CC3)CC2)C1. The van der Waals surface area contributed by atoms with Crippen LogP contribution in [0.5, 0.6) is 0 Å². The van der Waals surface area contributed by atoms with Crippen molar-refractivity contribution >= 4 is 11.8 Å². The van der Waals surface area contributed by atoms with Crippen LogP contribution in [0, 0.1) is 17.8 Å². The van der Waals surface area contributed by atoms with E-state index < -0.39 is 0 Å². The molecule has 5 heteroatoms. The molecule has 2 saturated heterocycles. The molecule has 3 rings (SSSR count). The summed E-state index contributed by atoms with van der Waals surface area (Å²) in [5, 5.41) is 0. The molecule has 5 nitrogen and oxygen atoms in total. The molecule has 0 aromatic heterocycles. The molecule has 0 bridgehead atoms. The summed E-state index contributed by atoms with van der Waals surface area (Å²) >= 11 is 0. The van der Waals surface area contributed by atoms with Gasteiger partial charge >= 0.3 is 11.8 Å². The van der Waals surface area contributed by atoms with Gasteiger partial charge in [-0.3, -0.25) is 9.59 Å². The van der Waals surface area contributed by atoms with Crippen molar-refractivity contribution in [3.05, 3.63) is 0 Å². The Labute approximate surface area is 145 Å². The summed E-state index contributed by atoms with van der Waals surface area (Å²) in [7, 11) is 0. The fraction of sp³-hybridized carbons (Fsp3) is 0.895. The Hall–Kier alpha value is -1.10. The maximum absolute atomic E-state index is 12.6. The van der Waals surface area contributed by atoms with Crippen molar-refractivity contribution in [3.63, 3.8) is 0 Å². The summed E-state index contributed by atoms with van der Waals surface area (Å²) in [5.74, 6) is 1.20. The highest BCUT2D eigenvalue weighted by Crippen LogP contribution is 2.44. The molecule has 0 aromatic rings. The van der Waals surface area contributed by atoms with E-state index in [9.17, 15) is 9.59 Å². The second-order valence-corrected chi connectivity index (χ2v) is 8.18. The van der Waals surface area contributed by atoms with Crippen molar-refractivity contribution in [1.82, 2.24) is 9.80 Å². The van der Waals surface area contributed by atoms with E-state index in [1.165, 1.54) is 0 Å². The third-order valence-corrected chi connectivity index (χ3v) is 6.83. The Balaban J connectivity index is 1.50. The van der Waals surface area contributed by atoms with E-state index in [0.717, 1.165) is 58.0 Å². The zero-order valence-corrected chi connectivity index (χ0v) is 15.3. The summed E-state index contributed by atoms with van der Waals surface area (Å²) in [6, 6.07) is 0. The highest BCUT2D eigenvalue weighted by atomic mass is 16.2. The smallest absolute Gasteiger partial charge is 0.312 e. The predicted molar refractivity (Wildman–Crippen MR) is 94.2 cm³/mol. The largest absolute Gasteiger partial charge is 0.334 e. The van der Waals surface area contributed by atoms with Gasteiger partial charge in [0.15, 0.2) is 0 Å². The molecule has 24 heavy (non-hydrogen) atoms. The van der Waals surface area contributed by atoms with Crippen LogP contribution in [0.15, 0.2) is 0 Å². The van der Waals surface area contributed by atoms with Gasteiger partial charge in [0.2, 0.25) is 0 Å². The lowest BCUT2D eigenvalue weighted by atomic mass is 9.87. The highest BCUT2D eigenvalue weighted by Gasteiger charge is 2.47. The number of amides is 2. The summed E-state index contributed by atoms with van der Waals surface area (Å²) in [6.07, 6.45) is 7.50. The third kappa shape index (κ3) is 3.46. The minimum atomic E-state index is -0.291. The Morgan fingerprint density at radius 3 is 2.08 bits per heavy atom. The number of hydrogen-bond donors (Lipinski definition) is 1. The molecule has 2 N–H and O–H groups in total.